The molecule has 7 heteroatoms. The van der Waals surface area contributed by atoms with E-state index in [1.54, 1.807) is 28.5 Å². The van der Waals surface area contributed by atoms with Crippen LogP contribution in [-0.4, -0.2) is 32.5 Å². The first kappa shape index (κ1) is 15.0. The lowest BCUT2D eigenvalue weighted by Crippen LogP contribution is -2.45. The Hall–Kier alpha value is -2.54. The summed E-state index contributed by atoms with van der Waals surface area (Å²) in [5.74, 6) is 1.03. The molecule has 0 spiro atoms. The Morgan fingerprint density at radius 3 is 2.79 bits per heavy atom. The van der Waals surface area contributed by atoms with Crippen LogP contribution in [0.4, 0.5) is 0 Å². The van der Waals surface area contributed by atoms with E-state index in [1.165, 1.54) is 4.88 Å². The minimum atomic E-state index is -0.152. The van der Waals surface area contributed by atoms with Gasteiger partial charge in [-0.1, -0.05) is 5.16 Å². The average Bonchev–Trinajstić information content (AvgIpc) is 3.16. The third kappa shape index (κ3) is 2.60. The van der Waals surface area contributed by atoms with Crippen LogP contribution in [0.3, 0.4) is 0 Å². The summed E-state index contributed by atoms with van der Waals surface area (Å²) in [6.45, 7) is 4.62. The second kappa shape index (κ2) is 5.83. The molecule has 1 fully saturated rings. The fourth-order valence-electron chi connectivity index (χ4n) is 2.67. The van der Waals surface area contributed by atoms with Crippen molar-refractivity contribution in [2.24, 2.45) is 0 Å². The molecule has 0 N–H and O–H groups in total. The second-order valence-corrected chi connectivity index (χ2v) is 7.15. The van der Waals surface area contributed by atoms with Crippen molar-refractivity contribution in [2.45, 2.75) is 26.3 Å². The van der Waals surface area contributed by atoms with Gasteiger partial charge < -0.3 is 9.42 Å². The number of hydrogen-bond donors (Lipinski definition) is 0. The number of thiophene rings is 1. The van der Waals surface area contributed by atoms with Gasteiger partial charge in [-0.05, 0) is 44.5 Å². The molecule has 0 aromatic carbocycles. The van der Waals surface area contributed by atoms with Crippen LogP contribution < -0.4 is 0 Å². The van der Waals surface area contributed by atoms with Crippen LogP contribution in [0.1, 0.15) is 39.3 Å². The Bertz CT molecular complexity index is 884. The Morgan fingerprint density at radius 1 is 1.29 bits per heavy atom. The summed E-state index contributed by atoms with van der Waals surface area (Å²) < 4.78 is 5.40. The van der Waals surface area contributed by atoms with E-state index < -0.39 is 0 Å². The molecule has 24 heavy (non-hydrogen) atoms. The Morgan fingerprint density at radius 2 is 2.17 bits per heavy atom. The van der Waals surface area contributed by atoms with Gasteiger partial charge in [-0.25, -0.2) is 0 Å². The quantitative estimate of drug-likeness (QED) is 0.731. The van der Waals surface area contributed by atoms with Gasteiger partial charge >= 0.3 is 0 Å². The summed E-state index contributed by atoms with van der Waals surface area (Å²) in [5.41, 5.74) is 1.47. The molecule has 1 aliphatic rings. The molecular formula is C17H16N4O2S. The molecule has 3 aromatic heterocycles. The molecule has 0 bridgehead atoms. The zero-order valence-electron chi connectivity index (χ0n) is 13.4. The van der Waals surface area contributed by atoms with Crippen LogP contribution in [0.25, 0.3) is 10.7 Å². The SMILES string of the molecule is Cc1ccc(C(=O)N2CC[C@@H]2c2nc(-c3ccc(C)s3)no2)cn1. The molecule has 1 amide bonds. The lowest BCUT2D eigenvalue weighted by Gasteiger charge is -2.38. The van der Waals surface area contributed by atoms with Crippen LogP contribution in [0.15, 0.2) is 35.0 Å². The largest absolute Gasteiger partial charge is 0.337 e. The van der Waals surface area contributed by atoms with Crippen LogP contribution >= 0.6 is 11.3 Å². The highest BCUT2D eigenvalue weighted by Crippen LogP contribution is 2.35. The predicted molar refractivity (Wildman–Crippen MR) is 89.7 cm³/mol. The fourth-order valence-corrected chi connectivity index (χ4v) is 3.47. The molecule has 1 aliphatic heterocycles. The predicted octanol–water partition coefficient (Wildman–Crippen LogP) is 3.40. The number of nitrogens with zero attached hydrogens (tertiary/aromatic N) is 4. The van der Waals surface area contributed by atoms with Crippen LogP contribution in [0.5, 0.6) is 0 Å². The third-order valence-electron chi connectivity index (χ3n) is 4.13. The second-order valence-electron chi connectivity index (χ2n) is 5.86. The van der Waals surface area contributed by atoms with Gasteiger partial charge in [0, 0.05) is 23.3 Å². The number of aryl methyl sites for hydroxylation is 2. The number of likely N-dealkylation sites (tertiary alicyclic amines) is 1. The molecule has 122 valence electrons. The van der Waals surface area contributed by atoms with E-state index in [2.05, 4.69) is 15.1 Å². The highest BCUT2D eigenvalue weighted by Gasteiger charge is 2.38. The summed E-state index contributed by atoms with van der Waals surface area (Å²) in [7, 11) is 0. The lowest BCUT2D eigenvalue weighted by molar-refractivity contribution is 0.0378. The summed E-state index contributed by atoms with van der Waals surface area (Å²) >= 11 is 1.62. The summed E-state index contributed by atoms with van der Waals surface area (Å²) in [5, 5.41) is 4.05. The zero-order valence-corrected chi connectivity index (χ0v) is 14.2. The van der Waals surface area contributed by atoms with Gasteiger partial charge in [-0.15, -0.1) is 11.3 Å². The number of pyridine rings is 1. The molecular weight excluding hydrogens is 324 g/mol. The van der Waals surface area contributed by atoms with Gasteiger partial charge in [0.25, 0.3) is 5.91 Å². The fraction of sp³-hybridized carbons (Fsp3) is 0.294. The first-order valence-corrected chi connectivity index (χ1v) is 8.57. The van der Waals surface area contributed by atoms with Crippen molar-refractivity contribution < 1.29 is 9.32 Å². The first-order valence-electron chi connectivity index (χ1n) is 7.76. The Kier molecular flexibility index (Phi) is 3.65. The number of hydrogen-bond acceptors (Lipinski definition) is 6. The molecule has 6 nitrogen and oxygen atoms in total. The van der Waals surface area contributed by atoms with Crippen molar-refractivity contribution in [2.75, 3.05) is 6.54 Å². The van der Waals surface area contributed by atoms with Crippen molar-refractivity contribution in [1.29, 1.82) is 0 Å². The summed E-state index contributed by atoms with van der Waals surface area (Å²) in [6, 6.07) is 7.50. The molecule has 0 radical (unpaired) electrons. The van der Waals surface area contributed by atoms with Gasteiger partial charge in [0.05, 0.1) is 10.4 Å². The van der Waals surface area contributed by atoms with Gasteiger partial charge in [-0.2, -0.15) is 4.98 Å². The van der Waals surface area contributed by atoms with Crippen molar-refractivity contribution in [3.05, 3.63) is 52.5 Å². The molecule has 1 saturated heterocycles. The van der Waals surface area contributed by atoms with Crippen molar-refractivity contribution in [1.82, 2.24) is 20.0 Å². The molecule has 0 saturated carbocycles. The standard InChI is InChI=1S/C17H16N4O2S/c1-10-3-5-12(9-18-10)17(22)21-8-7-13(21)16-19-15(20-23-16)14-6-4-11(2)24-14/h3-6,9,13H,7-8H2,1-2H3/t13-/m1/s1. The maximum absolute atomic E-state index is 12.6. The molecule has 4 rings (SSSR count). The highest BCUT2D eigenvalue weighted by molar-refractivity contribution is 7.15. The Balaban J connectivity index is 1.54. The van der Waals surface area contributed by atoms with Gasteiger partial charge in [0.1, 0.15) is 6.04 Å². The number of carbonyl (C=O) groups is 1. The average molecular weight is 340 g/mol. The van der Waals surface area contributed by atoms with Crippen LogP contribution in [0, 0.1) is 13.8 Å². The maximum atomic E-state index is 12.6. The van der Waals surface area contributed by atoms with E-state index in [4.69, 9.17) is 4.52 Å². The van der Waals surface area contributed by atoms with E-state index in [-0.39, 0.29) is 11.9 Å². The first-order chi connectivity index (χ1) is 11.6. The number of aromatic nitrogens is 3. The summed E-state index contributed by atoms with van der Waals surface area (Å²) in [6.07, 6.45) is 2.44. The topological polar surface area (TPSA) is 72.1 Å². The van der Waals surface area contributed by atoms with Crippen LogP contribution in [-0.2, 0) is 0 Å². The van der Waals surface area contributed by atoms with E-state index in [0.29, 0.717) is 23.8 Å². The monoisotopic (exact) mass is 340 g/mol. The lowest BCUT2D eigenvalue weighted by atomic mass is 10.0. The van der Waals surface area contributed by atoms with Gasteiger partial charge in [-0.3, -0.25) is 9.78 Å². The van der Waals surface area contributed by atoms with Crippen molar-refractivity contribution in [3.8, 4) is 10.7 Å². The van der Waals surface area contributed by atoms with E-state index in [9.17, 15) is 4.79 Å². The highest BCUT2D eigenvalue weighted by atomic mass is 32.1. The molecule has 1 atom stereocenters. The van der Waals surface area contributed by atoms with Crippen molar-refractivity contribution >= 4 is 17.2 Å². The molecule has 0 aliphatic carbocycles. The number of carbonyl (C=O) groups excluding carboxylic acids is 1. The number of rotatable bonds is 3. The smallest absolute Gasteiger partial charge is 0.256 e. The zero-order chi connectivity index (χ0) is 16.7. The Labute approximate surface area is 143 Å². The molecule has 3 aromatic rings. The van der Waals surface area contributed by atoms with E-state index in [1.807, 2.05) is 32.0 Å². The molecule has 4 heterocycles. The van der Waals surface area contributed by atoms with Gasteiger partial charge in [0.15, 0.2) is 0 Å². The molecule has 0 unspecified atom stereocenters. The minimum absolute atomic E-state index is 0.0505. The van der Waals surface area contributed by atoms with E-state index >= 15 is 0 Å². The summed E-state index contributed by atoms with van der Waals surface area (Å²) in [4.78, 5) is 25.2. The van der Waals surface area contributed by atoms with Crippen molar-refractivity contribution in [3.63, 3.8) is 0 Å². The van der Waals surface area contributed by atoms with Gasteiger partial charge in [0.2, 0.25) is 11.7 Å². The maximum Gasteiger partial charge on any atom is 0.256 e. The van der Waals surface area contributed by atoms with E-state index in [0.717, 1.165) is 17.0 Å². The third-order valence-corrected chi connectivity index (χ3v) is 5.12. The van der Waals surface area contributed by atoms with Crippen LogP contribution in [0.2, 0.25) is 0 Å². The number of amides is 1. The minimum Gasteiger partial charge on any atom is -0.337 e. The normalized spacial score (nSPS) is 16.9.